The van der Waals surface area contributed by atoms with E-state index in [1.165, 1.54) is 12.1 Å². The first-order valence-corrected chi connectivity index (χ1v) is 10.1. The first-order chi connectivity index (χ1) is 14.8. The van der Waals surface area contributed by atoms with Gasteiger partial charge in [0, 0.05) is 23.5 Å². The first kappa shape index (κ1) is 20.6. The Morgan fingerprint density at radius 1 is 1.00 bits per heavy atom. The van der Waals surface area contributed by atoms with E-state index in [1.807, 2.05) is 54.9 Å². The van der Waals surface area contributed by atoms with E-state index >= 15 is 0 Å². The van der Waals surface area contributed by atoms with Crippen molar-refractivity contribution in [2.24, 2.45) is 0 Å². The van der Waals surface area contributed by atoms with Crippen molar-refractivity contribution in [3.8, 4) is 0 Å². The zero-order valence-corrected chi connectivity index (χ0v) is 17.8. The Morgan fingerprint density at radius 2 is 1.81 bits per heavy atom. The molecule has 2 heterocycles. The standard InChI is InChI=1S/C24H20ClN3O3/c1-15-5-3-6-17(11-15)14-27-10-4-7-18(27)12-20-22(29)26-24(31)28(23(20)30)19-9-8-16(2)21(25)13-19/h3-13H,14H2,1-2H3,(H,26,29,31)/b20-12-. The normalized spacial score (nSPS) is 15.5. The minimum Gasteiger partial charge on any atom is -0.344 e. The summed E-state index contributed by atoms with van der Waals surface area (Å²) in [4.78, 5) is 38.9. The van der Waals surface area contributed by atoms with Gasteiger partial charge in [0.2, 0.25) is 0 Å². The number of hydrogen-bond acceptors (Lipinski definition) is 3. The maximum absolute atomic E-state index is 13.1. The lowest BCUT2D eigenvalue weighted by atomic mass is 10.1. The third-order valence-electron chi connectivity index (χ3n) is 5.11. The number of aromatic nitrogens is 1. The third-order valence-corrected chi connectivity index (χ3v) is 5.51. The molecule has 1 aliphatic heterocycles. The molecule has 0 atom stereocenters. The quantitative estimate of drug-likeness (QED) is 0.487. The molecule has 2 aromatic carbocycles. The van der Waals surface area contributed by atoms with E-state index in [9.17, 15) is 14.4 Å². The van der Waals surface area contributed by atoms with Gasteiger partial charge in [-0.25, -0.2) is 9.69 Å². The van der Waals surface area contributed by atoms with Crippen LogP contribution in [0.3, 0.4) is 0 Å². The molecular weight excluding hydrogens is 414 g/mol. The van der Waals surface area contributed by atoms with Gasteiger partial charge in [0.1, 0.15) is 5.57 Å². The van der Waals surface area contributed by atoms with E-state index in [0.29, 0.717) is 22.9 Å². The van der Waals surface area contributed by atoms with Crippen LogP contribution in [0.25, 0.3) is 6.08 Å². The first-order valence-electron chi connectivity index (χ1n) is 9.72. The lowest BCUT2D eigenvalue weighted by Gasteiger charge is -2.26. The molecule has 6 nitrogen and oxygen atoms in total. The molecule has 1 saturated heterocycles. The second-order valence-electron chi connectivity index (χ2n) is 7.44. The number of rotatable bonds is 4. The monoisotopic (exact) mass is 433 g/mol. The van der Waals surface area contributed by atoms with Gasteiger partial charge in [-0.1, -0.05) is 47.5 Å². The minimum absolute atomic E-state index is 0.125. The van der Waals surface area contributed by atoms with Gasteiger partial charge in [-0.2, -0.15) is 0 Å². The molecule has 1 fully saturated rings. The molecule has 1 aromatic heterocycles. The highest BCUT2D eigenvalue weighted by Crippen LogP contribution is 2.26. The smallest absolute Gasteiger partial charge is 0.335 e. The van der Waals surface area contributed by atoms with Crippen LogP contribution in [0.2, 0.25) is 5.02 Å². The molecule has 4 amide bonds. The number of urea groups is 1. The molecular formula is C24H20ClN3O3. The van der Waals surface area contributed by atoms with Crippen molar-refractivity contribution in [3.05, 3.63) is 93.8 Å². The summed E-state index contributed by atoms with van der Waals surface area (Å²) < 4.78 is 1.94. The van der Waals surface area contributed by atoms with Crippen LogP contribution in [0.1, 0.15) is 22.4 Å². The topological polar surface area (TPSA) is 71.4 Å². The van der Waals surface area contributed by atoms with Gasteiger partial charge in [-0.3, -0.25) is 14.9 Å². The van der Waals surface area contributed by atoms with Gasteiger partial charge in [-0.05, 0) is 55.3 Å². The number of imide groups is 2. The summed E-state index contributed by atoms with van der Waals surface area (Å²) in [7, 11) is 0. The highest BCUT2D eigenvalue weighted by molar-refractivity contribution is 6.39. The van der Waals surface area contributed by atoms with Crippen LogP contribution in [-0.2, 0) is 16.1 Å². The highest BCUT2D eigenvalue weighted by Gasteiger charge is 2.37. The molecule has 156 valence electrons. The molecule has 3 aromatic rings. The Bertz CT molecular complexity index is 1240. The molecule has 0 spiro atoms. The van der Waals surface area contributed by atoms with Crippen LogP contribution < -0.4 is 10.2 Å². The number of halogens is 1. The van der Waals surface area contributed by atoms with E-state index in [1.54, 1.807) is 12.1 Å². The Balaban J connectivity index is 1.68. The van der Waals surface area contributed by atoms with Crippen LogP contribution in [0.15, 0.2) is 66.4 Å². The number of amides is 4. The number of nitrogens with one attached hydrogen (secondary N) is 1. The van der Waals surface area contributed by atoms with Gasteiger partial charge >= 0.3 is 6.03 Å². The molecule has 4 rings (SSSR count). The van der Waals surface area contributed by atoms with Crippen molar-refractivity contribution >= 4 is 41.2 Å². The fraction of sp³-hybridized carbons (Fsp3) is 0.125. The zero-order chi connectivity index (χ0) is 22.1. The summed E-state index contributed by atoms with van der Waals surface area (Å²) in [6.45, 7) is 4.43. The number of anilines is 1. The average Bonchev–Trinajstić information content (AvgIpc) is 3.14. The molecule has 31 heavy (non-hydrogen) atoms. The van der Waals surface area contributed by atoms with Crippen molar-refractivity contribution in [1.29, 1.82) is 0 Å². The van der Waals surface area contributed by atoms with E-state index in [4.69, 9.17) is 11.6 Å². The summed E-state index contributed by atoms with van der Waals surface area (Å²) in [6, 6.07) is 15.8. The van der Waals surface area contributed by atoms with E-state index < -0.39 is 17.8 Å². The molecule has 0 aliphatic carbocycles. The number of aryl methyl sites for hydroxylation is 2. The molecule has 0 saturated carbocycles. The number of benzene rings is 2. The molecule has 0 radical (unpaired) electrons. The van der Waals surface area contributed by atoms with Gasteiger partial charge in [-0.15, -0.1) is 0 Å². The van der Waals surface area contributed by atoms with Crippen LogP contribution in [0.4, 0.5) is 10.5 Å². The number of nitrogens with zero attached hydrogens (tertiary/aromatic N) is 2. The van der Waals surface area contributed by atoms with Crippen molar-refractivity contribution in [1.82, 2.24) is 9.88 Å². The molecule has 0 unspecified atom stereocenters. The van der Waals surface area contributed by atoms with E-state index in [-0.39, 0.29) is 5.57 Å². The van der Waals surface area contributed by atoms with Crippen molar-refractivity contribution < 1.29 is 14.4 Å². The summed E-state index contributed by atoms with van der Waals surface area (Å²) in [5.74, 6) is -1.43. The second kappa shape index (κ2) is 8.24. The Labute approximate surface area is 184 Å². The number of carbonyl (C=O) groups excluding carboxylic acids is 3. The molecule has 7 heteroatoms. The van der Waals surface area contributed by atoms with Gasteiger partial charge in [0.15, 0.2) is 0 Å². The average molecular weight is 434 g/mol. The fourth-order valence-corrected chi connectivity index (χ4v) is 3.65. The predicted molar refractivity (Wildman–Crippen MR) is 120 cm³/mol. The zero-order valence-electron chi connectivity index (χ0n) is 17.1. The van der Waals surface area contributed by atoms with Crippen LogP contribution in [-0.4, -0.2) is 22.4 Å². The molecule has 1 N–H and O–H groups in total. The van der Waals surface area contributed by atoms with Crippen LogP contribution in [0, 0.1) is 13.8 Å². The largest absolute Gasteiger partial charge is 0.344 e. The second-order valence-corrected chi connectivity index (χ2v) is 7.85. The molecule has 1 aliphatic rings. The van der Waals surface area contributed by atoms with E-state index in [0.717, 1.165) is 21.6 Å². The van der Waals surface area contributed by atoms with Crippen LogP contribution >= 0.6 is 11.6 Å². The SMILES string of the molecule is Cc1cccc(Cn2cccc2/C=C2/C(=O)NC(=O)N(c3ccc(C)c(Cl)c3)C2=O)c1. The summed E-state index contributed by atoms with van der Waals surface area (Å²) in [6.07, 6.45) is 3.38. The number of hydrogen-bond donors (Lipinski definition) is 1. The number of carbonyl (C=O) groups is 3. The Hall–Kier alpha value is -3.64. The lowest BCUT2D eigenvalue weighted by Crippen LogP contribution is -2.54. The van der Waals surface area contributed by atoms with Crippen molar-refractivity contribution in [3.63, 3.8) is 0 Å². The van der Waals surface area contributed by atoms with Crippen molar-refractivity contribution in [2.75, 3.05) is 4.90 Å². The maximum atomic E-state index is 13.1. The maximum Gasteiger partial charge on any atom is 0.335 e. The summed E-state index contributed by atoms with van der Waals surface area (Å²) in [5, 5.41) is 2.66. The third kappa shape index (κ3) is 4.15. The van der Waals surface area contributed by atoms with Gasteiger partial charge in [0.25, 0.3) is 11.8 Å². The van der Waals surface area contributed by atoms with E-state index in [2.05, 4.69) is 11.4 Å². The summed E-state index contributed by atoms with van der Waals surface area (Å²) in [5.41, 5.74) is 3.91. The Kier molecular flexibility index (Phi) is 5.48. The summed E-state index contributed by atoms with van der Waals surface area (Å²) >= 11 is 6.16. The van der Waals surface area contributed by atoms with Crippen molar-refractivity contribution in [2.45, 2.75) is 20.4 Å². The number of barbiturate groups is 1. The molecule has 0 bridgehead atoms. The predicted octanol–water partition coefficient (Wildman–Crippen LogP) is 4.47. The van der Waals surface area contributed by atoms with Gasteiger partial charge < -0.3 is 4.57 Å². The van der Waals surface area contributed by atoms with Crippen LogP contribution in [0.5, 0.6) is 0 Å². The lowest BCUT2D eigenvalue weighted by molar-refractivity contribution is -0.122. The minimum atomic E-state index is -0.804. The van der Waals surface area contributed by atoms with Gasteiger partial charge in [0.05, 0.1) is 5.69 Å². The highest BCUT2D eigenvalue weighted by atomic mass is 35.5. The fourth-order valence-electron chi connectivity index (χ4n) is 3.47. The Morgan fingerprint density at radius 3 is 2.55 bits per heavy atom.